The van der Waals surface area contributed by atoms with E-state index in [1.807, 2.05) is 0 Å². The van der Waals surface area contributed by atoms with Gasteiger partial charge in [-0.2, -0.15) is 0 Å². The van der Waals surface area contributed by atoms with Crippen LogP contribution in [0.15, 0.2) is 12.2 Å². The highest BCUT2D eigenvalue weighted by Crippen LogP contribution is 2.33. The highest BCUT2D eigenvalue weighted by molar-refractivity contribution is 5.09. The molecule has 0 spiro atoms. The van der Waals surface area contributed by atoms with Gasteiger partial charge in [-0.1, -0.05) is 19.1 Å². The van der Waals surface area contributed by atoms with Gasteiger partial charge in [0.05, 0.1) is 0 Å². The summed E-state index contributed by atoms with van der Waals surface area (Å²) < 4.78 is 0. The Labute approximate surface area is 75.4 Å². The number of hydrogen-bond acceptors (Lipinski definition) is 1. The van der Waals surface area contributed by atoms with Crippen LogP contribution < -0.4 is 0 Å². The number of hydrogen-bond donors (Lipinski definition) is 0. The van der Waals surface area contributed by atoms with Gasteiger partial charge in [-0.25, -0.2) is 0 Å². The Hall–Kier alpha value is -0.300. The van der Waals surface area contributed by atoms with E-state index in [9.17, 15) is 0 Å². The van der Waals surface area contributed by atoms with E-state index < -0.39 is 0 Å². The van der Waals surface area contributed by atoms with Crippen LogP contribution in [-0.4, -0.2) is 23.0 Å². The van der Waals surface area contributed by atoms with Crippen molar-refractivity contribution in [2.24, 2.45) is 0 Å². The average molecular weight is 165 g/mol. The monoisotopic (exact) mass is 165 g/mol. The Morgan fingerprint density at radius 2 is 2.33 bits per heavy atom. The average Bonchev–Trinajstić information content (AvgIpc) is 2.35. The fourth-order valence-electron chi connectivity index (χ4n) is 2.66. The van der Waals surface area contributed by atoms with Crippen LogP contribution in [0.1, 0.15) is 39.5 Å². The van der Waals surface area contributed by atoms with Crippen LogP contribution in [0.2, 0.25) is 0 Å². The molecule has 3 unspecified atom stereocenters. The Morgan fingerprint density at radius 1 is 1.50 bits per heavy atom. The van der Waals surface area contributed by atoms with Crippen molar-refractivity contribution in [3.63, 3.8) is 0 Å². The van der Waals surface area contributed by atoms with Crippen LogP contribution in [0.25, 0.3) is 0 Å². The van der Waals surface area contributed by atoms with E-state index in [1.165, 1.54) is 25.7 Å². The van der Waals surface area contributed by atoms with Crippen LogP contribution in [0.4, 0.5) is 0 Å². The molecule has 0 saturated carbocycles. The lowest BCUT2D eigenvalue weighted by Crippen LogP contribution is -2.43. The molecule has 0 aliphatic carbocycles. The van der Waals surface area contributed by atoms with E-state index in [4.69, 9.17) is 0 Å². The minimum atomic E-state index is 0.777. The second kappa shape index (κ2) is 3.21. The molecule has 0 radical (unpaired) electrons. The normalized spacial score (nSPS) is 37.2. The molecule has 0 aromatic rings. The lowest BCUT2D eigenvalue weighted by atomic mass is 10.1. The van der Waals surface area contributed by atoms with Crippen LogP contribution in [0.5, 0.6) is 0 Å². The summed E-state index contributed by atoms with van der Waals surface area (Å²) in [5, 5.41) is 0. The van der Waals surface area contributed by atoms with Gasteiger partial charge >= 0.3 is 0 Å². The molecule has 2 aliphatic rings. The van der Waals surface area contributed by atoms with Crippen molar-refractivity contribution in [1.29, 1.82) is 0 Å². The molecule has 0 N–H and O–H groups in total. The molecule has 0 aromatic heterocycles. The number of fused-ring (bicyclic) bond motifs is 2. The molecule has 2 rings (SSSR count). The minimum absolute atomic E-state index is 0.777. The van der Waals surface area contributed by atoms with E-state index in [0.29, 0.717) is 0 Å². The van der Waals surface area contributed by atoms with Crippen molar-refractivity contribution in [1.82, 2.24) is 4.90 Å². The standard InChI is InChI=1S/C11H19N/c1-3-9(2)12-10-5-4-6-11(12)8-7-10/h4-5,9-11H,3,6-8H2,1-2H3. The lowest BCUT2D eigenvalue weighted by Gasteiger charge is -2.36. The van der Waals surface area contributed by atoms with Gasteiger partial charge in [0.25, 0.3) is 0 Å². The summed E-state index contributed by atoms with van der Waals surface area (Å²) in [6.07, 6.45) is 10.2. The minimum Gasteiger partial charge on any atom is -0.291 e. The van der Waals surface area contributed by atoms with Gasteiger partial charge in [0, 0.05) is 18.1 Å². The molecule has 1 nitrogen and oxygen atoms in total. The maximum Gasteiger partial charge on any atom is 0.0284 e. The molecular weight excluding hydrogens is 146 g/mol. The van der Waals surface area contributed by atoms with Gasteiger partial charge in [-0.05, 0) is 32.6 Å². The van der Waals surface area contributed by atoms with Gasteiger partial charge < -0.3 is 0 Å². The molecule has 0 aromatic carbocycles. The molecule has 2 bridgehead atoms. The topological polar surface area (TPSA) is 3.24 Å². The zero-order valence-corrected chi connectivity index (χ0v) is 8.16. The van der Waals surface area contributed by atoms with Crippen molar-refractivity contribution < 1.29 is 0 Å². The summed E-state index contributed by atoms with van der Waals surface area (Å²) in [5.41, 5.74) is 0. The quantitative estimate of drug-likeness (QED) is 0.568. The van der Waals surface area contributed by atoms with Gasteiger partial charge in [-0.3, -0.25) is 4.90 Å². The van der Waals surface area contributed by atoms with Gasteiger partial charge in [0.1, 0.15) is 0 Å². The van der Waals surface area contributed by atoms with Crippen molar-refractivity contribution >= 4 is 0 Å². The number of rotatable bonds is 2. The maximum absolute atomic E-state index is 2.72. The summed E-state index contributed by atoms with van der Waals surface area (Å²) in [6, 6.07) is 2.43. The van der Waals surface area contributed by atoms with Gasteiger partial charge in [0.2, 0.25) is 0 Å². The summed E-state index contributed by atoms with van der Waals surface area (Å²) >= 11 is 0. The second-order valence-corrected chi connectivity index (χ2v) is 4.17. The largest absolute Gasteiger partial charge is 0.291 e. The highest BCUT2D eigenvalue weighted by Gasteiger charge is 2.35. The Balaban J connectivity index is 2.11. The predicted molar refractivity (Wildman–Crippen MR) is 52.2 cm³/mol. The van der Waals surface area contributed by atoms with Gasteiger partial charge in [0.15, 0.2) is 0 Å². The summed E-state index contributed by atoms with van der Waals surface area (Å²) in [6.45, 7) is 4.66. The third kappa shape index (κ3) is 1.20. The van der Waals surface area contributed by atoms with E-state index >= 15 is 0 Å². The fourth-order valence-corrected chi connectivity index (χ4v) is 2.66. The molecule has 2 heterocycles. The number of nitrogens with zero attached hydrogens (tertiary/aromatic N) is 1. The van der Waals surface area contributed by atoms with Crippen LogP contribution in [0.3, 0.4) is 0 Å². The third-order valence-corrected chi connectivity index (χ3v) is 3.47. The molecule has 1 fully saturated rings. The first-order chi connectivity index (χ1) is 5.83. The predicted octanol–water partition coefficient (Wildman–Crippen LogP) is 2.58. The molecule has 0 amide bonds. The summed E-state index contributed by atoms with van der Waals surface area (Å²) in [7, 11) is 0. The third-order valence-electron chi connectivity index (χ3n) is 3.47. The summed E-state index contributed by atoms with van der Waals surface area (Å²) in [4.78, 5) is 2.72. The smallest absolute Gasteiger partial charge is 0.0284 e. The first-order valence-corrected chi connectivity index (χ1v) is 5.27. The molecule has 68 valence electrons. The van der Waals surface area contributed by atoms with E-state index in [0.717, 1.165) is 18.1 Å². The van der Waals surface area contributed by atoms with Crippen LogP contribution >= 0.6 is 0 Å². The first-order valence-electron chi connectivity index (χ1n) is 5.27. The molecule has 2 aliphatic heterocycles. The first kappa shape index (κ1) is 8.31. The van der Waals surface area contributed by atoms with Gasteiger partial charge in [-0.15, -0.1) is 0 Å². The van der Waals surface area contributed by atoms with Crippen LogP contribution in [-0.2, 0) is 0 Å². The zero-order valence-electron chi connectivity index (χ0n) is 8.16. The molecular formula is C11H19N. The zero-order chi connectivity index (χ0) is 8.55. The fraction of sp³-hybridized carbons (Fsp3) is 0.818. The molecule has 1 heteroatoms. The Kier molecular flexibility index (Phi) is 2.22. The molecule has 1 saturated heterocycles. The highest BCUT2D eigenvalue weighted by atomic mass is 15.2. The lowest BCUT2D eigenvalue weighted by molar-refractivity contribution is 0.149. The van der Waals surface area contributed by atoms with Crippen molar-refractivity contribution in [3.05, 3.63) is 12.2 Å². The molecule has 3 atom stereocenters. The molecule has 12 heavy (non-hydrogen) atoms. The van der Waals surface area contributed by atoms with E-state index in [2.05, 4.69) is 30.9 Å². The SMILES string of the molecule is CCC(C)N1C2C=CCC1CC2. The maximum atomic E-state index is 2.72. The van der Waals surface area contributed by atoms with Crippen molar-refractivity contribution in [2.45, 2.75) is 57.7 Å². The Morgan fingerprint density at radius 3 is 3.00 bits per heavy atom. The van der Waals surface area contributed by atoms with Crippen LogP contribution in [0, 0.1) is 0 Å². The van der Waals surface area contributed by atoms with E-state index in [1.54, 1.807) is 0 Å². The Bertz CT molecular complexity index is 185. The van der Waals surface area contributed by atoms with E-state index in [-0.39, 0.29) is 0 Å². The van der Waals surface area contributed by atoms with Crippen molar-refractivity contribution in [2.75, 3.05) is 0 Å². The van der Waals surface area contributed by atoms with Crippen molar-refractivity contribution in [3.8, 4) is 0 Å². The second-order valence-electron chi connectivity index (χ2n) is 4.17. The summed E-state index contributed by atoms with van der Waals surface area (Å²) in [5.74, 6) is 0.